The SMILES string of the molecule is Cc1cccc(OCCNC(=O)CSc2nnc(Cc3ccccc3)n2-c2ccccc2)c1. The highest BCUT2D eigenvalue weighted by atomic mass is 32.2. The lowest BCUT2D eigenvalue weighted by molar-refractivity contribution is -0.118. The van der Waals surface area contributed by atoms with E-state index in [-0.39, 0.29) is 11.7 Å². The van der Waals surface area contributed by atoms with Crippen molar-refractivity contribution in [2.45, 2.75) is 18.5 Å². The summed E-state index contributed by atoms with van der Waals surface area (Å²) in [4.78, 5) is 12.4. The van der Waals surface area contributed by atoms with Crippen LogP contribution in [0.2, 0.25) is 0 Å². The Labute approximate surface area is 198 Å². The number of benzene rings is 3. The fraction of sp³-hybridized carbons (Fsp3) is 0.192. The van der Waals surface area contributed by atoms with Crippen LogP contribution in [0.1, 0.15) is 17.0 Å². The Morgan fingerprint density at radius 3 is 2.48 bits per heavy atom. The van der Waals surface area contributed by atoms with E-state index >= 15 is 0 Å². The minimum absolute atomic E-state index is 0.0694. The normalized spacial score (nSPS) is 10.7. The molecule has 33 heavy (non-hydrogen) atoms. The molecule has 0 saturated heterocycles. The molecule has 0 unspecified atom stereocenters. The lowest BCUT2D eigenvalue weighted by atomic mass is 10.1. The number of para-hydroxylation sites is 1. The zero-order valence-electron chi connectivity index (χ0n) is 18.5. The minimum atomic E-state index is -0.0694. The number of hydrogen-bond acceptors (Lipinski definition) is 5. The lowest BCUT2D eigenvalue weighted by Gasteiger charge is -2.11. The third-order valence-corrected chi connectivity index (χ3v) is 5.86. The molecule has 0 radical (unpaired) electrons. The van der Waals surface area contributed by atoms with Crippen molar-refractivity contribution in [2.75, 3.05) is 18.9 Å². The van der Waals surface area contributed by atoms with Gasteiger partial charge in [0.2, 0.25) is 5.91 Å². The first-order chi connectivity index (χ1) is 16.2. The van der Waals surface area contributed by atoms with Gasteiger partial charge in [-0.15, -0.1) is 10.2 Å². The maximum atomic E-state index is 12.4. The van der Waals surface area contributed by atoms with Crippen LogP contribution in [0.5, 0.6) is 5.75 Å². The quantitative estimate of drug-likeness (QED) is 0.281. The summed E-state index contributed by atoms with van der Waals surface area (Å²) < 4.78 is 7.71. The van der Waals surface area contributed by atoms with Crippen molar-refractivity contribution in [1.29, 1.82) is 0 Å². The van der Waals surface area contributed by atoms with Crippen molar-refractivity contribution in [1.82, 2.24) is 20.1 Å². The predicted molar refractivity (Wildman–Crippen MR) is 131 cm³/mol. The fourth-order valence-electron chi connectivity index (χ4n) is 3.37. The van der Waals surface area contributed by atoms with E-state index in [0.29, 0.717) is 24.7 Å². The van der Waals surface area contributed by atoms with Crippen molar-refractivity contribution < 1.29 is 9.53 Å². The first kappa shape index (κ1) is 22.6. The van der Waals surface area contributed by atoms with Crippen molar-refractivity contribution in [3.8, 4) is 11.4 Å². The van der Waals surface area contributed by atoms with Crippen LogP contribution in [-0.2, 0) is 11.2 Å². The van der Waals surface area contributed by atoms with Gasteiger partial charge in [-0.25, -0.2) is 0 Å². The fourth-order valence-corrected chi connectivity index (χ4v) is 4.17. The number of ether oxygens (including phenoxy) is 1. The van der Waals surface area contributed by atoms with Crippen LogP contribution in [-0.4, -0.2) is 39.6 Å². The molecule has 4 aromatic rings. The van der Waals surface area contributed by atoms with Gasteiger partial charge in [0.25, 0.3) is 0 Å². The van der Waals surface area contributed by atoms with Gasteiger partial charge in [0.05, 0.1) is 12.3 Å². The summed E-state index contributed by atoms with van der Waals surface area (Å²) in [6, 6.07) is 28.0. The van der Waals surface area contributed by atoms with E-state index in [4.69, 9.17) is 4.74 Å². The highest BCUT2D eigenvalue weighted by Gasteiger charge is 2.16. The summed E-state index contributed by atoms with van der Waals surface area (Å²) in [6.07, 6.45) is 0.659. The zero-order valence-corrected chi connectivity index (χ0v) is 19.3. The first-order valence-corrected chi connectivity index (χ1v) is 11.8. The van der Waals surface area contributed by atoms with E-state index in [9.17, 15) is 4.79 Å². The molecule has 0 saturated carbocycles. The number of thioether (sulfide) groups is 1. The van der Waals surface area contributed by atoms with E-state index in [0.717, 1.165) is 28.4 Å². The molecular weight excluding hydrogens is 432 g/mol. The highest BCUT2D eigenvalue weighted by molar-refractivity contribution is 7.99. The largest absolute Gasteiger partial charge is 0.492 e. The number of carbonyl (C=O) groups excluding carboxylic acids is 1. The second-order valence-electron chi connectivity index (χ2n) is 7.54. The molecule has 0 aliphatic rings. The molecule has 7 heteroatoms. The van der Waals surface area contributed by atoms with Gasteiger partial charge in [0.15, 0.2) is 5.16 Å². The molecule has 0 aliphatic carbocycles. The summed E-state index contributed by atoms with van der Waals surface area (Å²) in [6.45, 7) is 2.88. The average molecular weight is 459 g/mol. The minimum Gasteiger partial charge on any atom is -0.492 e. The second-order valence-corrected chi connectivity index (χ2v) is 8.48. The van der Waals surface area contributed by atoms with Gasteiger partial charge >= 0.3 is 0 Å². The maximum Gasteiger partial charge on any atom is 0.230 e. The van der Waals surface area contributed by atoms with Gasteiger partial charge in [0, 0.05) is 12.1 Å². The number of rotatable bonds is 10. The van der Waals surface area contributed by atoms with Gasteiger partial charge in [0.1, 0.15) is 18.2 Å². The third kappa shape index (κ3) is 6.46. The van der Waals surface area contributed by atoms with Crippen LogP contribution >= 0.6 is 11.8 Å². The number of hydrogen-bond donors (Lipinski definition) is 1. The number of amides is 1. The topological polar surface area (TPSA) is 69.0 Å². The molecule has 0 fully saturated rings. The highest BCUT2D eigenvalue weighted by Crippen LogP contribution is 2.23. The Kier molecular flexibility index (Phi) is 7.76. The van der Waals surface area contributed by atoms with Crippen molar-refractivity contribution in [3.63, 3.8) is 0 Å². The summed E-state index contributed by atoms with van der Waals surface area (Å²) >= 11 is 1.37. The van der Waals surface area contributed by atoms with Gasteiger partial charge in [-0.1, -0.05) is 72.4 Å². The van der Waals surface area contributed by atoms with E-state index in [1.54, 1.807) is 0 Å². The van der Waals surface area contributed by atoms with Gasteiger partial charge < -0.3 is 10.1 Å². The van der Waals surface area contributed by atoms with Crippen LogP contribution in [0.25, 0.3) is 5.69 Å². The molecule has 1 aromatic heterocycles. The van der Waals surface area contributed by atoms with Crippen LogP contribution in [0.4, 0.5) is 0 Å². The summed E-state index contributed by atoms with van der Waals surface area (Å²) in [7, 11) is 0. The molecule has 6 nitrogen and oxygen atoms in total. The second kappa shape index (κ2) is 11.3. The van der Waals surface area contributed by atoms with Gasteiger partial charge in [-0.05, 0) is 42.3 Å². The van der Waals surface area contributed by atoms with Gasteiger partial charge in [-0.2, -0.15) is 0 Å². The number of aromatic nitrogens is 3. The Balaban J connectivity index is 1.35. The molecule has 1 heterocycles. The van der Waals surface area contributed by atoms with Crippen molar-refractivity contribution >= 4 is 17.7 Å². The third-order valence-electron chi connectivity index (χ3n) is 4.93. The Bertz CT molecular complexity index is 1180. The van der Waals surface area contributed by atoms with E-state index in [2.05, 4.69) is 27.6 Å². The number of nitrogens with zero attached hydrogens (tertiary/aromatic N) is 3. The number of aryl methyl sites for hydroxylation is 1. The van der Waals surface area contributed by atoms with Crippen LogP contribution in [0, 0.1) is 6.92 Å². The summed E-state index contributed by atoms with van der Waals surface area (Å²) in [5.74, 6) is 1.82. The predicted octanol–water partition coefficient (Wildman–Crippen LogP) is 4.45. The molecule has 0 atom stereocenters. The number of nitrogens with one attached hydrogen (secondary N) is 1. The molecule has 3 aromatic carbocycles. The Morgan fingerprint density at radius 1 is 0.970 bits per heavy atom. The van der Waals surface area contributed by atoms with Crippen molar-refractivity contribution in [3.05, 3.63) is 102 Å². The van der Waals surface area contributed by atoms with Crippen LogP contribution < -0.4 is 10.1 Å². The standard InChI is InChI=1S/C26H26N4O2S/c1-20-9-8-14-23(17-20)32-16-15-27-25(31)19-33-26-29-28-24(18-21-10-4-2-5-11-21)30(26)22-12-6-3-7-13-22/h2-14,17H,15-16,18-19H2,1H3,(H,27,31). The first-order valence-electron chi connectivity index (χ1n) is 10.8. The van der Waals surface area contributed by atoms with E-state index in [1.807, 2.05) is 84.3 Å². The summed E-state index contributed by atoms with van der Waals surface area (Å²) in [5.41, 5.74) is 3.27. The molecule has 168 valence electrons. The van der Waals surface area contributed by atoms with E-state index < -0.39 is 0 Å². The molecular formula is C26H26N4O2S. The smallest absolute Gasteiger partial charge is 0.230 e. The molecule has 0 aliphatic heterocycles. The number of carbonyl (C=O) groups is 1. The van der Waals surface area contributed by atoms with Crippen LogP contribution in [0.3, 0.4) is 0 Å². The average Bonchev–Trinajstić information content (AvgIpc) is 3.24. The molecule has 1 amide bonds. The van der Waals surface area contributed by atoms with Gasteiger partial charge in [-0.3, -0.25) is 9.36 Å². The lowest BCUT2D eigenvalue weighted by Crippen LogP contribution is -2.29. The molecule has 1 N–H and O–H groups in total. The monoisotopic (exact) mass is 458 g/mol. The molecule has 4 rings (SSSR count). The Morgan fingerprint density at radius 2 is 1.73 bits per heavy atom. The van der Waals surface area contributed by atoms with Crippen molar-refractivity contribution in [2.24, 2.45) is 0 Å². The molecule has 0 spiro atoms. The van der Waals surface area contributed by atoms with E-state index in [1.165, 1.54) is 11.8 Å². The van der Waals surface area contributed by atoms with Crippen LogP contribution in [0.15, 0.2) is 90.1 Å². The Hall–Kier alpha value is -3.58. The summed E-state index contributed by atoms with van der Waals surface area (Å²) in [5, 5.41) is 12.4. The maximum absolute atomic E-state index is 12.4. The molecule has 0 bridgehead atoms. The zero-order chi connectivity index (χ0) is 22.9.